The number of hydrogen-bond donors (Lipinski definition) is 4. The van der Waals surface area contributed by atoms with Crippen molar-refractivity contribution in [2.45, 2.75) is 31.2 Å². The molecule has 4 atom stereocenters. The molecule has 66 valence electrons. The van der Waals surface area contributed by atoms with Crippen molar-refractivity contribution < 1.29 is 15.0 Å². The van der Waals surface area contributed by atoms with Crippen molar-refractivity contribution >= 4 is 6.29 Å². The molecule has 0 heterocycles. The first-order valence-corrected chi connectivity index (χ1v) is 3.33. The van der Waals surface area contributed by atoms with E-state index in [0.717, 1.165) is 0 Å². The first-order chi connectivity index (χ1) is 5.00. The second-order valence-corrected chi connectivity index (χ2v) is 2.52. The van der Waals surface area contributed by atoms with E-state index in [4.69, 9.17) is 21.7 Å². The van der Waals surface area contributed by atoms with Crippen molar-refractivity contribution in [1.29, 1.82) is 0 Å². The number of carbonyl (C=O) groups excluding carboxylic acids is 1. The smallest absolute Gasteiger partial charge is 0.139 e. The first kappa shape index (κ1) is 10.5. The molecule has 0 saturated heterocycles. The lowest BCUT2D eigenvalue weighted by atomic mass is 10.0. The standard InChI is InChI=1S/C6H14N2O3/c1-3(10)5(8)6(11)4(7)2-9/h2-6,10-11H,7-8H2,1H3. The Bertz CT molecular complexity index is 129. The van der Waals surface area contributed by atoms with Gasteiger partial charge in [0.1, 0.15) is 6.29 Å². The average molecular weight is 162 g/mol. The molecule has 6 N–H and O–H groups in total. The minimum atomic E-state index is -1.19. The maximum atomic E-state index is 10.1. The summed E-state index contributed by atoms with van der Waals surface area (Å²) in [4.78, 5) is 10.1. The van der Waals surface area contributed by atoms with Gasteiger partial charge in [0.05, 0.1) is 24.3 Å². The summed E-state index contributed by atoms with van der Waals surface area (Å²) < 4.78 is 0. The summed E-state index contributed by atoms with van der Waals surface area (Å²) in [5.41, 5.74) is 10.4. The lowest BCUT2D eigenvalue weighted by Crippen LogP contribution is -2.52. The van der Waals surface area contributed by atoms with Crippen LogP contribution >= 0.6 is 0 Å². The van der Waals surface area contributed by atoms with Crippen LogP contribution in [-0.2, 0) is 4.79 Å². The number of nitrogens with two attached hydrogens (primary N) is 2. The molecule has 11 heavy (non-hydrogen) atoms. The molecule has 0 aromatic heterocycles. The Balaban J connectivity index is 4.00. The van der Waals surface area contributed by atoms with E-state index < -0.39 is 24.3 Å². The Morgan fingerprint density at radius 1 is 1.36 bits per heavy atom. The van der Waals surface area contributed by atoms with Gasteiger partial charge in [0.15, 0.2) is 0 Å². The molecule has 0 fully saturated rings. The Morgan fingerprint density at radius 2 is 1.82 bits per heavy atom. The maximum absolute atomic E-state index is 10.1. The predicted molar refractivity (Wildman–Crippen MR) is 39.7 cm³/mol. The van der Waals surface area contributed by atoms with E-state index in [1.807, 2.05) is 0 Å². The molecular weight excluding hydrogens is 148 g/mol. The van der Waals surface area contributed by atoms with Gasteiger partial charge in [0, 0.05) is 0 Å². The molecule has 0 spiro atoms. The lowest BCUT2D eigenvalue weighted by molar-refractivity contribution is -0.111. The molecule has 0 aromatic carbocycles. The van der Waals surface area contributed by atoms with Gasteiger partial charge in [0.25, 0.3) is 0 Å². The highest BCUT2D eigenvalue weighted by Gasteiger charge is 2.24. The van der Waals surface area contributed by atoms with E-state index in [1.54, 1.807) is 0 Å². The van der Waals surface area contributed by atoms with Crippen LogP contribution in [0.2, 0.25) is 0 Å². The molecule has 5 nitrogen and oxygen atoms in total. The van der Waals surface area contributed by atoms with Crippen LogP contribution in [-0.4, -0.2) is 40.8 Å². The van der Waals surface area contributed by atoms with Crippen LogP contribution in [0, 0.1) is 0 Å². The molecule has 4 unspecified atom stereocenters. The SMILES string of the molecule is CC(O)C(N)C(O)C(N)C=O. The van der Waals surface area contributed by atoms with Crippen LogP contribution in [0.5, 0.6) is 0 Å². The normalized spacial score (nSPS) is 21.9. The van der Waals surface area contributed by atoms with Crippen molar-refractivity contribution in [2.24, 2.45) is 11.5 Å². The molecule has 5 heteroatoms. The number of aliphatic hydroxyl groups is 2. The number of aldehydes is 1. The predicted octanol–water partition coefficient (Wildman–Crippen LogP) is -2.42. The fourth-order valence-electron chi connectivity index (χ4n) is 0.622. The van der Waals surface area contributed by atoms with Crippen LogP contribution in [0.25, 0.3) is 0 Å². The van der Waals surface area contributed by atoms with E-state index in [1.165, 1.54) is 6.92 Å². The summed E-state index contributed by atoms with van der Waals surface area (Å²) >= 11 is 0. The van der Waals surface area contributed by atoms with Crippen molar-refractivity contribution in [1.82, 2.24) is 0 Å². The highest BCUT2D eigenvalue weighted by atomic mass is 16.3. The minimum Gasteiger partial charge on any atom is -0.392 e. The van der Waals surface area contributed by atoms with Crippen molar-refractivity contribution in [3.05, 3.63) is 0 Å². The Kier molecular flexibility index (Phi) is 4.20. The van der Waals surface area contributed by atoms with Gasteiger partial charge in [0.2, 0.25) is 0 Å². The molecular formula is C6H14N2O3. The van der Waals surface area contributed by atoms with Crippen LogP contribution in [0.15, 0.2) is 0 Å². The van der Waals surface area contributed by atoms with Crippen LogP contribution in [0.4, 0.5) is 0 Å². The van der Waals surface area contributed by atoms with Crippen molar-refractivity contribution in [3.63, 3.8) is 0 Å². The van der Waals surface area contributed by atoms with Crippen molar-refractivity contribution in [3.8, 4) is 0 Å². The third-order valence-electron chi connectivity index (χ3n) is 1.50. The zero-order valence-corrected chi connectivity index (χ0v) is 6.34. The number of hydrogen-bond acceptors (Lipinski definition) is 5. The van der Waals surface area contributed by atoms with E-state index in [0.29, 0.717) is 6.29 Å². The molecule has 0 aliphatic rings. The maximum Gasteiger partial charge on any atom is 0.139 e. The Morgan fingerprint density at radius 3 is 2.09 bits per heavy atom. The van der Waals surface area contributed by atoms with Gasteiger partial charge in [-0.05, 0) is 6.92 Å². The van der Waals surface area contributed by atoms with Gasteiger partial charge in [-0.3, -0.25) is 0 Å². The molecule has 0 amide bonds. The molecule has 0 aliphatic carbocycles. The summed E-state index contributed by atoms with van der Waals surface area (Å²) in [6.07, 6.45) is -1.67. The van der Waals surface area contributed by atoms with E-state index in [2.05, 4.69) is 0 Å². The van der Waals surface area contributed by atoms with Crippen LogP contribution in [0.3, 0.4) is 0 Å². The minimum absolute atomic E-state index is 0.396. The van der Waals surface area contributed by atoms with Gasteiger partial charge in [-0.2, -0.15) is 0 Å². The molecule has 0 aromatic rings. The number of aliphatic hydroxyl groups excluding tert-OH is 2. The summed E-state index contributed by atoms with van der Waals surface area (Å²) in [7, 11) is 0. The molecule has 0 radical (unpaired) electrons. The van der Waals surface area contributed by atoms with Gasteiger partial charge in [-0.1, -0.05) is 0 Å². The average Bonchev–Trinajstić information content (AvgIpc) is 2.00. The Hall–Kier alpha value is -0.490. The van der Waals surface area contributed by atoms with Gasteiger partial charge < -0.3 is 26.5 Å². The zero-order valence-electron chi connectivity index (χ0n) is 6.34. The summed E-state index contributed by atoms with van der Waals surface area (Å²) in [5.74, 6) is 0. The van der Waals surface area contributed by atoms with Gasteiger partial charge >= 0.3 is 0 Å². The topological polar surface area (TPSA) is 110 Å². The highest BCUT2D eigenvalue weighted by molar-refractivity contribution is 5.58. The highest BCUT2D eigenvalue weighted by Crippen LogP contribution is 1.98. The summed E-state index contributed by atoms with van der Waals surface area (Å²) in [6, 6.07) is -1.91. The van der Waals surface area contributed by atoms with Gasteiger partial charge in [-0.25, -0.2) is 0 Å². The van der Waals surface area contributed by atoms with E-state index >= 15 is 0 Å². The fourth-order valence-corrected chi connectivity index (χ4v) is 0.622. The van der Waals surface area contributed by atoms with E-state index in [-0.39, 0.29) is 0 Å². The van der Waals surface area contributed by atoms with Gasteiger partial charge in [-0.15, -0.1) is 0 Å². The molecule has 0 rings (SSSR count). The van der Waals surface area contributed by atoms with Crippen molar-refractivity contribution in [2.75, 3.05) is 0 Å². The Labute approximate surface area is 65.0 Å². The fraction of sp³-hybridized carbons (Fsp3) is 0.833. The summed E-state index contributed by atoms with van der Waals surface area (Å²) in [5, 5.41) is 18.0. The number of carbonyl (C=O) groups is 1. The largest absolute Gasteiger partial charge is 0.392 e. The van der Waals surface area contributed by atoms with Crippen LogP contribution < -0.4 is 11.5 Å². The number of rotatable bonds is 4. The third-order valence-corrected chi connectivity index (χ3v) is 1.50. The zero-order chi connectivity index (χ0) is 9.02. The van der Waals surface area contributed by atoms with Crippen LogP contribution in [0.1, 0.15) is 6.92 Å². The molecule has 0 bridgehead atoms. The second kappa shape index (κ2) is 4.40. The first-order valence-electron chi connectivity index (χ1n) is 3.33. The lowest BCUT2D eigenvalue weighted by Gasteiger charge is -2.22. The third kappa shape index (κ3) is 2.94. The molecule has 0 saturated carbocycles. The monoisotopic (exact) mass is 162 g/mol. The van der Waals surface area contributed by atoms with E-state index in [9.17, 15) is 4.79 Å². The summed E-state index contributed by atoms with van der Waals surface area (Å²) in [6.45, 7) is 1.42. The molecule has 0 aliphatic heterocycles. The quantitative estimate of drug-likeness (QED) is 0.344. The second-order valence-electron chi connectivity index (χ2n) is 2.52.